The Labute approximate surface area is 121 Å². The number of hydrogen-bond acceptors (Lipinski definition) is 2. The second-order valence-corrected chi connectivity index (χ2v) is 6.41. The summed E-state index contributed by atoms with van der Waals surface area (Å²) in [6.45, 7) is 5.95. The van der Waals surface area contributed by atoms with Gasteiger partial charge in [-0.2, -0.15) is 0 Å². The van der Waals surface area contributed by atoms with Crippen molar-refractivity contribution in [2.45, 2.75) is 64.2 Å². The van der Waals surface area contributed by atoms with Crippen molar-refractivity contribution in [2.24, 2.45) is 0 Å². The molecule has 0 radical (unpaired) electrons. The van der Waals surface area contributed by atoms with E-state index in [1.54, 1.807) is 6.07 Å². The Hall–Kier alpha value is -0.930. The highest BCUT2D eigenvalue weighted by Crippen LogP contribution is 2.30. The molecule has 2 heterocycles. The number of fused-ring (bicyclic) bond motifs is 2. The lowest BCUT2D eigenvalue weighted by Crippen LogP contribution is -2.47. The van der Waals surface area contributed by atoms with Crippen molar-refractivity contribution in [2.75, 3.05) is 6.54 Å². The van der Waals surface area contributed by atoms with Gasteiger partial charge in [-0.05, 0) is 56.3 Å². The topological polar surface area (TPSA) is 15.3 Å². The normalized spacial score (nSPS) is 29.1. The predicted octanol–water partition coefficient (Wildman–Crippen LogP) is 3.24. The molecule has 3 rings (SSSR count). The third-order valence-electron chi connectivity index (χ3n) is 4.99. The van der Waals surface area contributed by atoms with Crippen LogP contribution in [0.5, 0.6) is 0 Å². The first-order valence-corrected chi connectivity index (χ1v) is 7.91. The van der Waals surface area contributed by atoms with E-state index in [9.17, 15) is 4.39 Å². The van der Waals surface area contributed by atoms with Gasteiger partial charge in [0.05, 0.1) is 0 Å². The molecule has 2 aliphatic rings. The van der Waals surface area contributed by atoms with E-state index in [2.05, 4.69) is 23.2 Å². The Balaban J connectivity index is 1.68. The zero-order valence-electron chi connectivity index (χ0n) is 12.5. The number of hydrogen-bond donors (Lipinski definition) is 1. The summed E-state index contributed by atoms with van der Waals surface area (Å²) in [4.78, 5) is 2.52. The van der Waals surface area contributed by atoms with E-state index in [0.29, 0.717) is 18.1 Å². The molecular formula is C17H25FN2. The first-order valence-electron chi connectivity index (χ1n) is 7.91. The van der Waals surface area contributed by atoms with Crippen LogP contribution in [0, 0.1) is 12.7 Å². The summed E-state index contributed by atoms with van der Waals surface area (Å²) in [6, 6.07) is 7.74. The first-order chi connectivity index (χ1) is 9.65. The number of rotatable bonds is 4. The van der Waals surface area contributed by atoms with Gasteiger partial charge in [-0.1, -0.05) is 19.1 Å². The summed E-state index contributed by atoms with van der Waals surface area (Å²) in [6.07, 6.45) is 5.16. The van der Waals surface area contributed by atoms with Crippen LogP contribution in [-0.2, 0) is 6.54 Å². The van der Waals surface area contributed by atoms with E-state index in [0.717, 1.165) is 24.2 Å². The smallest absolute Gasteiger partial charge is 0.126 e. The summed E-state index contributed by atoms with van der Waals surface area (Å²) in [5.74, 6) is -0.0797. The molecular weight excluding hydrogens is 251 g/mol. The van der Waals surface area contributed by atoms with Gasteiger partial charge < -0.3 is 5.32 Å². The zero-order valence-corrected chi connectivity index (χ0v) is 12.5. The van der Waals surface area contributed by atoms with Gasteiger partial charge in [0.25, 0.3) is 0 Å². The molecule has 110 valence electrons. The molecule has 0 aromatic heterocycles. The molecule has 1 aromatic rings. The van der Waals surface area contributed by atoms with Crippen molar-refractivity contribution in [3.63, 3.8) is 0 Å². The molecule has 1 aromatic carbocycles. The van der Waals surface area contributed by atoms with Crippen LogP contribution in [0.2, 0.25) is 0 Å². The lowest BCUT2D eigenvalue weighted by molar-refractivity contribution is 0.140. The maximum Gasteiger partial charge on any atom is 0.126 e. The molecule has 2 atom stereocenters. The molecule has 0 saturated carbocycles. The van der Waals surface area contributed by atoms with Crippen LogP contribution in [0.1, 0.15) is 43.7 Å². The van der Waals surface area contributed by atoms with Crippen LogP contribution in [0.3, 0.4) is 0 Å². The molecule has 20 heavy (non-hydrogen) atoms. The van der Waals surface area contributed by atoms with Gasteiger partial charge in [0.2, 0.25) is 0 Å². The fraction of sp³-hybridized carbons (Fsp3) is 0.647. The average molecular weight is 276 g/mol. The van der Waals surface area contributed by atoms with Gasteiger partial charge in [-0.3, -0.25) is 4.90 Å². The quantitative estimate of drug-likeness (QED) is 0.908. The Morgan fingerprint density at radius 1 is 1.25 bits per heavy atom. The van der Waals surface area contributed by atoms with Crippen LogP contribution in [0.15, 0.2) is 18.2 Å². The molecule has 2 fully saturated rings. The molecule has 2 aliphatic heterocycles. The Bertz CT molecular complexity index is 462. The lowest BCUT2D eigenvalue weighted by atomic mass is 9.97. The number of halogens is 1. The third-order valence-corrected chi connectivity index (χ3v) is 4.99. The largest absolute Gasteiger partial charge is 0.311 e. The Morgan fingerprint density at radius 2 is 1.95 bits per heavy atom. The standard InChI is InChI=1S/C17H25FN2/c1-3-20(11-13-5-4-12(2)17(18)8-13)16-9-14-6-7-15(10-16)19-14/h4-5,8,14-16,19H,3,6-7,9-11H2,1-2H3. The summed E-state index contributed by atoms with van der Waals surface area (Å²) in [7, 11) is 0. The highest BCUT2D eigenvalue weighted by molar-refractivity contribution is 5.23. The number of aryl methyl sites for hydroxylation is 1. The van der Waals surface area contributed by atoms with Crippen molar-refractivity contribution in [3.8, 4) is 0 Å². The fourth-order valence-electron chi connectivity index (χ4n) is 3.79. The average Bonchev–Trinajstić information content (AvgIpc) is 2.78. The van der Waals surface area contributed by atoms with E-state index >= 15 is 0 Å². The minimum atomic E-state index is -0.0797. The molecule has 2 nitrogen and oxygen atoms in total. The molecule has 3 heteroatoms. The Kier molecular flexibility index (Phi) is 4.08. The van der Waals surface area contributed by atoms with E-state index in [-0.39, 0.29) is 5.82 Å². The van der Waals surface area contributed by atoms with Crippen LogP contribution in [-0.4, -0.2) is 29.6 Å². The molecule has 2 bridgehead atoms. The summed E-state index contributed by atoms with van der Waals surface area (Å²) >= 11 is 0. The molecule has 0 amide bonds. The number of piperidine rings is 1. The molecule has 2 saturated heterocycles. The van der Waals surface area contributed by atoms with Gasteiger partial charge >= 0.3 is 0 Å². The molecule has 1 N–H and O–H groups in total. The van der Waals surface area contributed by atoms with Crippen molar-refractivity contribution in [1.29, 1.82) is 0 Å². The monoisotopic (exact) mass is 276 g/mol. The van der Waals surface area contributed by atoms with Gasteiger partial charge in [0, 0.05) is 24.7 Å². The summed E-state index contributed by atoms with van der Waals surface area (Å²) in [5, 5.41) is 3.69. The van der Waals surface area contributed by atoms with Crippen molar-refractivity contribution in [1.82, 2.24) is 10.2 Å². The number of nitrogens with one attached hydrogen (secondary N) is 1. The van der Waals surface area contributed by atoms with E-state index < -0.39 is 0 Å². The summed E-state index contributed by atoms with van der Waals surface area (Å²) in [5.41, 5.74) is 1.83. The zero-order chi connectivity index (χ0) is 14.1. The molecule has 0 aliphatic carbocycles. The van der Waals surface area contributed by atoms with Crippen LogP contribution in [0.4, 0.5) is 4.39 Å². The van der Waals surface area contributed by atoms with Crippen LogP contribution in [0.25, 0.3) is 0 Å². The highest BCUT2D eigenvalue weighted by Gasteiger charge is 2.35. The van der Waals surface area contributed by atoms with Crippen molar-refractivity contribution >= 4 is 0 Å². The van der Waals surface area contributed by atoms with E-state index in [1.807, 2.05) is 13.0 Å². The SMILES string of the molecule is CCN(Cc1ccc(C)c(F)c1)C1CC2CCC(C1)N2. The first kappa shape index (κ1) is 14.0. The number of benzene rings is 1. The third kappa shape index (κ3) is 2.89. The minimum Gasteiger partial charge on any atom is -0.311 e. The van der Waals surface area contributed by atoms with Gasteiger partial charge in [0.1, 0.15) is 5.82 Å². The number of nitrogens with zero attached hydrogens (tertiary/aromatic N) is 1. The van der Waals surface area contributed by atoms with E-state index in [4.69, 9.17) is 0 Å². The second-order valence-electron chi connectivity index (χ2n) is 6.41. The van der Waals surface area contributed by atoms with Crippen LogP contribution >= 0.6 is 0 Å². The van der Waals surface area contributed by atoms with Gasteiger partial charge in [0.15, 0.2) is 0 Å². The summed E-state index contributed by atoms with van der Waals surface area (Å²) < 4.78 is 13.7. The maximum atomic E-state index is 13.7. The molecule has 0 spiro atoms. The highest BCUT2D eigenvalue weighted by atomic mass is 19.1. The molecule has 2 unspecified atom stereocenters. The minimum absolute atomic E-state index is 0.0797. The van der Waals surface area contributed by atoms with Gasteiger partial charge in [-0.15, -0.1) is 0 Å². The lowest BCUT2D eigenvalue weighted by Gasteiger charge is -2.37. The fourth-order valence-corrected chi connectivity index (χ4v) is 3.79. The Morgan fingerprint density at radius 3 is 2.55 bits per heavy atom. The van der Waals surface area contributed by atoms with Crippen molar-refractivity contribution in [3.05, 3.63) is 35.1 Å². The maximum absolute atomic E-state index is 13.7. The van der Waals surface area contributed by atoms with Crippen molar-refractivity contribution < 1.29 is 4.39 Å². The predicted molar refractivity (Wildman–Crippen MR) is 80.2 cm³/mol. The van der Waals surface area contributed by atoms with Crippen LogP contribution < -0.4 is 5.32 Å². The van der Waals surface area contributed by atoms with E-state index in [1.165, 1.54) is 25.7 Å². The second kappa shape index (κ2) is 5.82. The van der Waals surface area contributed by atoms with Gasteiger partial charge in [-0.25, -0.2) is 4.39 Å².